The molecule has 0 radical (unpaired) electrons. The van der Waals surface area contributed by atoms with Crippen molar-refractivity contribution in [1.82, 2.24) is 4.98 Å². The van der Waals surface area contributed by atoms with Crippen LogP contribution in [-0.4, -0.2) is 10.9 Å². The van der Waals surface area contributed by atoms with Crippen LogP contribution in [0.1, 0.15) is 18.1 Å². The van der Waals surface area contributed by atoms with Crippen LogP contribution in [0.3, 0.4) is 0 Å². The Bertz CT molecular complexity index is 778. The Balaban J connectivity index is 2.02. The van der Waals surface area contributed by atoms with E-state index in [9.17, 15) is 4.79 Å². The molecule has 1 amide bonds. The van der Waals surface area contributed by atoms with Crippen LogP contribution in [0.5, 0.6) is 0 Å². The van der Waals surface area contributed by atoms with Gasteiger partial charge in [0, 0.05) is 6.20 Å². The first kappa shape index (κ1) is 16.2. The molecule has 0 fully saturated rings. The van der Waals surface area contributed by atoms with Crippen molar-refractivity contribution in [3.05, 3.63) is 95.1 Å². The number of pyridine rings is 1. The fraction of sp³-hybridized carbons (Fsp3) is 0.100. The molecule has 24 heavy (non-hydrogen) atoms. The highest BCUT2D eigenvalue weighted by molar-refractivity contribution is 6.30. The maximum Gasteiger partial charge on any atom is 0.240 e. The van der Waals surface area contributed by atoms with Gasteiger partial charge in [0.2, 0.25) is 5.91 Å². The fourth-order valence-electron chi connectivity index (χ4n) is 2.66. The SMILES string of the molecule is CC(C(=O)Nc1ccc(Cl)cn1)(c1ccccc1)c1ccccc1. The van der Waals surface area contributed by atoms with Crippen LogP contribution in [0.2, 0.25) is 5.02 Å². The summed E-state index contributed by atoms with van der Waals surface area (Å²) < 4.78 is 0. The van der Waals surface area contributed by atoms with E-state index in [0.29, 0.717) is 10.8 Å². The van der Waals surface area contributed by atoms with E-state index in [2.05, 4.69) is 10.3 Å². The number of benzene rings is 2. The number of nitrogens with one attached hydrogen (secondary N) is 1. The summed E-state index contributed by atoms with van der Waals surface area (Å²) in [5.41, 5.74) is 1.01. The molecule has 0 atom stereocenters. The van der Waals surface area contributed by atoms with Crippen LogP contribution in [0.15, 0.2) is 79.0 Å². The minimum Gasteiger partial charge on any atom is -0.310 e. The van der Waals surface area contributed by atoms with E-state index < -0.39 is 5.41 Å². The summed E-state index contributed by atoms with van der Waals surface area (Å²) in [4.78, 5) is 17.3. The highest BCUT2D eigenvalue weighted by Gasteiger charge is 2.37. The van der Waals surface area contributed by atoms with Crippen LogP contribution >= 0.6 is 11.6 Å². The predicted molar refractivity (Wildman–Crippen MR) is 97.2 cm³/mol. The molecule has 0 aliphatic carbocycles. The Morgan fingerprint density at radius 2 is 1.46 bits per heavy atom. The van der Waals surface area contributed by atoms with Crippen molar-refractivity contribution in [3.63, 3.8) is 0 Å². The van der Waals surface area contributed by atoms with Crippen LogP contribution in [0.4, 0.5) is 5.82 Å². The van der Waals surface area contributed by atoms with E-state index >= 15 is 0 Å². The molecule has 4 heteroatoms. The van der Waals surface area contributed by atoms with E-state index in [1.165, 1.54) is 6.20 Å². The van der Waals surface area contributed by atoms with E-state index in [-0.39, 0.29) is 5.91 Å². The van der Waals surface area contributed by atoms with Crippen LogP contribution in [-0.2, 0) is 10.2 Å². The second-order valence-electron chi connectivity index (χ2n) is 5.67. The molecule has 0 saturated heterocycles. The van der Waals surface area contributed by atoms with Gasteiger partial charge in [0.25, 0.3) is 0 Å². The number of hydrogen-bond acceptors (Lipinski definition) is 2. The van der Waals surface area contributed by atoms with Crippen molar-refractivity contribution in [2.75, 3.05) is 5.32 Å². The smallest absolute Gasteiger partial charge is 0.240 e. The number of nitrogens with zero attached hydrogens (tertiary/aromatic N) is 1. The molecule has 3 nitrogen and oxygen atoms in total. The summed E-state index contributed by atoms with van der Waals surface area (Å²) in [5.74, 6) is 0.331. The van der Waals surface area contributed by atoms with Crippen LogP contribution in [0, 0.1) is 0 Å². The largest absolute Gasteiger partial charge is 0.310 e. The van der Waals surface area contributed by atoms with Crippen molar-refractivity contribution in [3.8, 4) is 0 Å². The second-order valence-corrected chi connectivity index (χ2v) is 6.11. The third-order valence-electron chi connectivity index (χ3n) is 4.13. The first-order chi connectivity index (χ1) is 11.6. The van der Waals surface area contributed by atoms with Crippen molar-refractivity contribution in [2.24, 2.45) is 0 Å². The summed E-state index contributed by atoms with van der Waals surface area (Å²) in [6.45, 7) is 1.92. The van der Waals surface area contributed by atoms with Gasteiger partial charge in [-0.15, -0.1) is 0 Å². The molecule has 3 aromatic rings. The summed E-state index contributed by atoms with van der Waals surface area (Å²) in [6.07, 6.45) is 1.51. The van der Waals surface area contributed by atoms with Crippen LogP contribution in [0.25, 0.3) is 0 Å². The Hall–Kier alpha value is -2.65. The molecule has 0 saturated carbocycles. The molecule has 1 heterocycles. The lowest BCUT2D eigenvalue weighted by molar-refractivity contribution is -0.119. The average molecular weight is 337 g/mol. The molecule has 0 bridgehead atoms. The molecule has 120 valence electrons. The minimum atomic E-state index is -0.830. The normalized spacial score (nSPS) is 11.1. The number of carbonyl (C=O) groups excluding carboxylic acids is 1. The molecule has 0 aliphatic heterocycles. The molecule has 3 rings (SSSR count). The Morgan fingerprint density at radius 1 is 0.917 bits per heavy atom. The van der Waals surface area contributed by atoms with E-state index in [1.807, 2.05) is 67.6 Å². The van der Waals surface area contributed by atoms with Gasteiger partial charge in [-0.1, -0.05) is 72.3 Å². The van der Waals surface area contributed by atoms with Crippen molar-refractivity contribution in [1.29, 1.82) is 0 Å². The number of amides is 1. The second kappa shape index (κ2) is 6.85. The van der Waals surface area contributed by atoms with Crippen LogP contribution < -0.4 is 5.32 Å². The number of hydrogen-bond donors (Lipinski definition) is 1. The lowest BCUT2D eigenvalue weighted by Gasteiger charge is -2.29. The maximum atomic E-state index is 13.1. The molecular formula is C20H17ClN2O. The third kappa shape index (κ3) is 3.17. The summed E-state index contributed by atoms with van der Waals surface area (Å²) in [7, 11) is 0. The monoisotopic (exact) mass is 336 g/mol. The molecule has 0 aliphatic rings. The number of anilines is 1. The molecular weight excluding hydrogens is 320 g/mol. The number of rotatable bonds is 4. The first-order valence-electron chi connectivity index (χ1n) is 7.65. The Labute approximate surface area is 146 Å². The van der Waals surface area contributed by atoms with Crippen molar-refractivity contribution >= 4 is 23.3 Å². The topological polar surface area (TPSA) is 42.0 Å². The van der Waals surface area contributed by atoms with Gasteiger partial charge in [0.1, 0.15) is 5.82 Å². The quantitative estimate of drug-likeness (QED) is 0.751. The maximum absolute atomic E-state index is 13.1. The van der Waals surface area contributed by atoms with E-state index in [4.69, 9.17) is 11.6 Å². The number of carbonyl (C=O) groups is 1. The van der Waals surface area contributed by atoms with Gasteiger partial charge in [0.05, 0.1) is 10.4 Å². The number of aromatic nitrogens is 1. The highest BCUT2D eigenvalue weighted by atomic mass is 35.5. The summed E-state index contributed by atoms with van der Waals surface area (Å²) in [5, 5.41) is 3.43. The molecule has 0 unspecified atom stereocenters. The van der Waals surface area contributed by atoms with Gasteiger partial charge in [-0.2, -0.15) is 0 Å². The Morgan fingerprint density at radius 3 is 1.92 bits per heavy atom. The summed E-state index contributed by atoms with van der Waals surface area (Å²) >= 11 is 5.85. The van der Waals surface area contributed by atoms with E-state index in [1.54, 1.807) is 12.1 Å². The van der Waals surface area contributed by atoms with Gasteiger partial charge in [-0.05, 0) is 30.2 Å². The summed E-state index contributed by atoms with van der Waals surface area (Å²) in [6, 6.07) is 22.8. The van der Waals surface area contributed by atoms with Gasteiger partial charge in [0.15, 0.2) is 0 Å². The van der Waals surface area contributed by atoms with Gasteiger partial charge in [-0.25, -0.2) is 4.98 Å². The first-order valence-corrected chi connectivity index (χ1v) is 8.02. The lowest BCUT2D eigenvalue weighted by Crippen LogP contribution is -2.39. The zero-order chi connectivity index (χ0) is 17.0. The molecule has 1 N–H and O–H groups in total. The molecule has 2 aromatic carbocycles. The highest BCUT2D eigenvalue weighted by Crippen LogP contribution is 2.33. The standard InChI is InChI=1S/C20H17ClN2O/c1-20(15-8-4-2-5-9-15,16-10-6-3-7-11-16)19(24)23-18-13-12-17(21)14-22-18/h2-14H,1H3,(H,22,23,24). The average Bonchev–Trinajstić information content (AvgIpc) is 2.64. The molecule has 1 aromatic heterocycles. The van der Waals surface area contributed by atoms with Gasteiger partial charge >= 0.3 is 0 Å². The van der Waals surface area contributed by atoms with Gasteiger partial charge < -0.3 is 5.32 Å². The van der Waals surface area contributed by atoms with Crippen molar-refractivity contribution < 1.29 is 4.79 Å². The van der Waals surface area contributed by atoms with Crippen molar-refractivity contribution in [2.45, 2.75) is 12.3 Å². The zero-order valence-electron chi connectivity index (χ0n) is 13.2. The molecule has 0 spiro atoms. The predicted octanol–water partition coefficient (Wildman–Crippen LogP) is 4.68. The zero-order valence-corrected chi connectivity index (χ0v) is 14.0. The van der Waals surface area contributed by atoms with E-state index in [0.717, 1.165) is 11.1 Å². The Kier molecular flexibility index (Phi) is 4.63. The lowest BCUT2D eigenvalue weighted by atomic mass is 9.75. The fourth-order valence-corrected chi connectivity index (χ4v) is 2.77. The van der Waals surface area contributed by atoms with Gasteiger partial charge in [-0.3, -0.25) is 4.79 Å². The number of halogens is 1. The third-order valence-corrected chi connectivity index (χ3v) is 4.35. The minimum absolute atomic E-state index is 0.144.